The summed E-state index contributed by atoms with van der Waals surface area (Å²) in [6, 6.07) is 5.76. The molecule has 0 spiro atoms. The lowest BCUT2D eigenvalue weighted by Crippen LogP contribution is -2.17. The van der Waals surface area contributed by atoms with Gasteiger partial charge in [-0.05, 0) is 49.9 Å². The molecular weight excluding hydrogens is 242 g/mol. The molecule has 0 fully saturated rings. The molecule has 5 nitrogen and oxygen atoms in total. The molecule has 0 aliphatic rings. The van der Waals surface area contributed by atoms with E-state index in [4.69, 9.17) is 16.0 Å². The minimum atomic E-state index is 0.131. The Morgan fingerprint density at radius 2 is 2.11 bits per heavy atom. The molecule has 0 unspecified atom stereocenters. The molecule has 0 saturated heterocycles. The van der Waals surface area contributed by atoms with Crippen LogP contribution in [0.5, 0.6) is 0 Å². The Bertz CT molecular complexity index is 419. The van der Waals surface area contributed by atoms with Crippen LogP contribution in [0.25, 0.3) is 0 Å². The molecule has 1 rings (SSSR count). The summed E-state index contributed by atoms with van der Waals surface area (Å²) < 4.78 is 0. The van der Waals surface area contributed by atoms with Crippen molar-refractivity contribution >= 4 is 5.84 Å². The van der Waals surface area contributed by atoms with Crippen molar-refractivity contribution in [3.63, 3.8) is 0 Å². The topological polar surface area (TPSA) is 90.9 Å². The maximum absolute atomic E-state index is 8.67. The van der Waals surface area contributed by atoms with Gasteiger partial charge in [0, 0.05) is 18.7 Å². The second kappa shape index (κ2) is 8.50. The summed E-state index contributed by atoms with van der Waals surface area (Å²) in [5.41, 5.74) is 8.60. The van der Waals surface area contributed by atoms with E-state index in [9.17, 15) is 0 Å². The summed E-state index contributed by atoms with van der Waals surface area (Å²) in [4.78, 5) is 0. The third-order valence-electron chi connectivity index (χ3n) is 3.07. The lowest BCUT2D eigenvalue weighted by molar-refractivity contribution is 0.283. The molecule has 1 aromatic rings. The molecule has 106 valence electrons. The number of aryl methyl sites for hydroxylation is 1. The van der Waals surface area contributed by atoms with E-state index in [0.29, 0.717) is 0 Å². The molecule has 0 aliphatic carbocycles. The highest BCUT2D eigenvalue weighted by atomic mass is 16.4. The lowest BCUT2D eigenvalue weighted by Gasteiger charge is -2.09. The van der Waals surface area contributed by atoms with Gasteiger partial charge in [-0.15, -0.1) is 0 Å². The average molecular weight is 265 g/mol. The monoisotopic (exact) mass is 265 g/mol. The molecule has 0 aliphatic heterocycles. The van der Waals surface area contributed by atoms with Crippen molar-refractivity contribution in [2.75, 3.05) is 13.2 Å². The molecule has 0 heterocycles. The Hall–Kier alpha value is -1.59. The number of hydrogen-bond donors (Lipinski definition) is 4. The van der Waals surface area contributed by atoms with Gasteiger partial charge in [-0.1, -0.05) is 17.3 Å². The number of unbranched alkanes of at least 4 members (excludes halogenated alkanes) is 2. The first kappa shape index (κ1) is 15.5. The molecule has 0 atom stereocenters. The maximum atomic E-state index is 8.67. The van der Waals surface area contributed by atoms with Crippen LogP contribution in [-0.2, 0) is 6.54 Å². The zero-order valence-corrected chi connectivity index (χ0v) is 11.4. The summed E-state index contributed by atoms with van der Waals surface area (Å²) in [7, 11) is 0. The van der Waals surface area contributed by atoms with Crippen molar-refractivity contribution in [3.8, 4) is 0 Å². The van der Waals surface area contributed by atoms with Crippen LogP contribution in [0.15, 0.2) is 23.4 Å². The average Bonchev–Trinajstić information content (AvgIpc) is 2.43. The van der Waals surface area contributed by atoms with E-state index >= 15 is 0 Å². The number of nitrogens with zero attached hydrogens (tertiary/aromatic N) is 1. The molecule has 0 bridgehead atoms. The van der Waals surface area contributed by atoms with E-state index in [-0.39, 0.29) is 12.4 Å². The first-order valence-corrected chi connectivity index (χ1v) is 6.58. The first-order valence-electron chi connectivity index (χ1n) is 6.58. The van der Waals surface area contributed by atoms with Gasteiger partial charge in [-0.25, -0.2) is 0 Å². The van der Waals surface area contributed by atoms with Crippen LogP contribution in [0, 0.1) is 6.92 Å². The van der Waals surface area contributed by atoms with Gasteiger partial charge in [0.1, 0.15) is 0 Å². The predicted octanol–water partition coefficient (Wildman–Crippen LogP) is 1.34. The maximum Gasteiger partial charge on any atom is 0.170 e. The summed E-state index contributed by atoms with van der Waals surface area (Å²) in [6.07, 6.45) is 2.99. The number of aliphatic hydroxyl groups excluding tert-OH is 1. The minimum absolute atomic E-state index is 0.131. The Kier molecular flexibility index (Phi) is 6.92. The van der Waals surface area contributed by atoms with Crippen molar-refractivity contribution in [1.29, 1.82) is 0 Å². The largest absolute Gasteiger partial charge is 0.409 e. The van der Waals surface area contributed by atoms with Gasteiger partial charge in [0.05, 0.1) is 0 Å². The highest BCUT2D eigenvalue weighted by molar-refractivity contribution is 5.97. The fourth-order valence-electron chi connectivity index (χ4n) is 1.87. The van der Waals surface area contributed by atoms with Crippen molar-refractivity contribution in [2.24, 2.45) is 10.9 Å². The molecule has 0 saturated carbocycles. The van der Waals surface area contributed by atoms with Crippen LogP contribution in [0.3, 0.4) is 0 Å². The molecule has 0 amide bonds. The standard InChI is InChI=1S/C14H23N3O2/c1-11-9-12(14(15)17-19)5-6-13(11)10-16-7-3-2-4-8-18/h5-6,9,16,18-19H,2-4,7-8,10H2,1H3,(H2,15,17). The Balaban J connectivity index is 2.43. The molecule has 0 aromatic heterocycles. The normalized spacial score (nSPS) is 11.8. The molecule has 5 N–H and O–H groups in total. The quantitative estimate of drug-likeness (QED) is 0.188. The summed E-state index contributed by atoms with van der Waals surface area (Å²) in [6.45, 7) is 4.04. The van der Waals surface area contributed by atoms with Gasteiger partial charge in [0.15, 0.2) is 5.84 Å². The van der Waals surface area contributed by atoms with E-state index in [1.807, 2.05) is 25.1 Å². The van der Waals surface area contributed by atoms with E-state index in [0.717, 1.165) is 43.5 Å². The van der Waals surface area contributed by atoms with Crippen molar-refractivity contribution in [3.05, 3.63) is 34.9 Å². The smallest absolute Gasteiger partial charge is 0.170 e. The lowest BCUT2D eigenvalue weighted by atomic mass is 10.0. The number of hydrogen-bond acceptors (Lipinski definition) is 4. The second-order valence-electron chi connectivity index (χ2n) is 4.59. The van der Waals surface area contributed by atoms with Gasteiger partial charge < -0.3 is 21.4 Å². The van der Waals surface area contributed by atoms with E-state index in [1.165, 1.54) is 5.56 Å². The number of benzene rings is 1. The first-order chi connectivity index (χ1) is 9.19. The number of oxime groups is 1. The third-order valence-corrected chi connectivity index (χ3v) is 3.07. The summed E-state index contributed by atoms with van der Waals surface area (Å²) in [5, 5.41) is 23.7. The Labute approximate surface area is 114 Å². The van der Waals surface area contributed by atoms with E-state index in [1.54, 1.807) is 0 Å². The van der Waals surface area contributed by atoms with Crippen LogP contribution >= 0.6 is 0 Å². The molecule has 0 radical (unpaired) electrons. The third kappa shape index (κ3) is 5.28. The molecule has 19 heavy (non-hydrogen) atoms. The van der Waals surface area contributed by atoms with Crippen molar-refractivity contribution < 1.29 is 10.3 Å². The minimum Gasteiger partial charge on any atom is -0.409 e. The fourth-order valence-corrected chi connectivity index (χ4v) is 1.87. The summed E-state index contributed by atoms with van der Waals surface area (Å²) in [5.74, 6) is 0.131. The Morgan fingerprint density at radius 1 is 1.32 bits per heavy atom. The van der Waals surface area contributed by atoms with Gasteiger partial charge >= 0.3 is 0 Å². The number of nitrogens with one attached hydrogen (secondary N) is 1. The van der Waals surface area contributed by atoms with Crippen molar-refractivity contribution in [1.82, 2.24) is 5.32 Å². The summed E-state index contributed by atoms with van der Waals surface area (Å²) >= 11 is 0. The van der Waals surface area contributed by atoms with Gasteiger partial charge in [0.25, 0.3) is 0 Å². The number of amidine groups is 1. The highest BCUT2D eigenvalue weighted by Gasteiger charge is 2.03. The van der Waals surface area contributed by atoms with Gasteiger partial charge in [-0.2, -0.15) is 0 Å². The zero-order valence-electron chi connectivity index (χ0n) is 11.4. The van der Waals surface area contributed by atoms with Crippen LogP contribution in [0.1, 0.15) is 36.0 Å². The highest BCUT2D eigenvalue weighted by Crippen LogP contribution is 2.11. The predicted molar refractivity (Wildman–Crippen MR) is 76.3 cm³/mol. The molecule has 1 aromatic carbocycles. The number of rotatable bonds is 8. The SMILES string of the molecule is Cc1cc(/C(N)=N/O)ccc1CNCCCCCO. The second-order valence-corrected chi connectivity index (χ2v) is 4.59. The van der Waals surface area contributed by atoms with E-state index in [2.05, 4.69) is 10.5 Å². The van der Waals surface area contributed by atoms with E-state index < -0.39 is 0 Å². The molecule has 5 heteroatoms. The van der Waals surface area contributed by atoms with Gasteiger partial charge in [-0.3, -0.25) is 0 Å². The van der Waals surface area contributed by atoms with Crippen LogP contribution in [-0.4, -0.2) is 29.3 Å². The van der Waals surface area contributed by atoms with Crippen LogP contribution < -0.4 is 11.1 Å². The fraction of sp³-hybridized carbons (Fsp3) is 0.500. The Morgan fingerprint density at radius 3 is 2.74 bits per heavy atom. The van der Waals surface area contributed by atoms with Crippen molar-refractivity contribution in [2.45, 2.75) is 32.7 Å². The zero-order chi connectivity index (χ0) is 14.1. The molecular formula is C14H23N3O2. The van der Waals surface area contributed by atoms with Crippen LogP contribution in [0.2, 0.25) is 0 Å². The van der Waals surface area contributed by atoms with Gasteiger partial charge in [0.2, 0.25) is 0 Å². The number of nitrogens with two attached hydrogens (primary N) is 1. The number of aliphatic hydroxyl groups is 1. The van der Waals surface area contributed by atoms with Crippen LogP contribution in [0.4, 0.5) is 0 Å².